The normalized spacial score (nSPS) is 16.5. The zero-order valence-electron chi connectivity index (χ0n) is 19.1. The highest BCUT2D eigenvalue weighted by Gasteiger charge is 2.36. The van der Waals surface area contributed by atoms with Crippen molar-refractivity contribution in [3.8, 4) is 0 Å². The van der Waals surface area contributed by atoms with Crippen LogP contribution in [-0.4, -0.2) is 52.7 Å². The summed E-state index contributed by atoms with van der Waals surface area (Å²) >= 11 is 11.9. The Hall–Kier alpha value is -3.41. The number of aromatic nitrogens is 3. The van der Waals surface area contributed by atoms with Gasteiger partial charge >= 0.3 is 5.97 Å². The first-order valence-corrected chi connectivity index (χ1v) is 12.9. The molecular formula is C23H21Cl2N5O5S. The van der Waals surface area contributed by atoms with E-state index in [2.05, 4.69) is 15.6 Å². The van der Waals surface area contributed by atoms with Crippen LogP contribution in [0.5, 0.6) is 0 Å². The summed E-state index contributed by atoms with van der Waals surface area (Å²) in [7, 11) is -2.80. The summed E-state index contributed by atoms with van der Waals surface area (Å²) in [6.45, 7) is 1.89. The van der Waals surface area contributed by atoms with E-state index >= 15 is 0 Å². The Morgan fingerprint density at radius 2 is 1.89 bits per heavy atom. The van der Waals surface area contributed by atoms with Crippen LogP contribution in [0.25, 0.3) is 0 Å². The lowest BCUT2D eigenvalue weighted by Gasteiger charge is -2.31. The molecule has 0 saturated carbocycles. The molecule has 0 radical (unpaired) electrons. The average Bonchev–Trinajstić information content (AvgIpc) is 3.34. The van der Waals surface area contributed by atoms with E-state index in [4.69, 9.17) is 27.9 Å². The number of amides is 1. The minimum atomic E-state index is -4.12. The van der Waals surface area contributed by atoms with Crippen molar-refractivity contribution in [2.24, 2.45) is 0 Å². The number of sulfonamides is 1. The first-order valence-electron chi connectivity index (χ1n) is 10.7. The number of esters is 1. The molecule has 13 heteroatoms. The maximum atomic E-state index is 13.3. The minimum Gasteiger partial charge on any atom is -0.465 e. The Kier molecular flexibility index (Phi) is 7.34. The molecule has 4 rings (SSSR count). The lowest BCUT2D eigenvalue weighted by molar-refractivity contribution is -0.124. The van der Waals surface area contributed by atoms with Crippen LogP contribution in [0, 0.1) is 0 Å². The molecule has 1 aliphatic rings. The summed E-state index contributed by atoms with van der Waals surface area (Å²) in [6.07, 6.45) is 4.16. The minimum absolute atomic E-state index is 0.0231. The van der Waals surface area contributed by atoms with E-state index < -0.39 is 27.9 Å². The molecule has 2 aromatic carbocycles. The largest absolute Gasteiger partial charge is 0.465 e. The lowest BCUT2D eigenvalue weighted by Crippen LogP contribution is -2.50. The van der Waals surface area contributed by atoms with Crippen LogP contribution in [0.15, 0.2) is 66.0 Å². The first kappa shape index (κ1) is 25.7. The van der Waals surface area contributed by atoms with Gasteiger partial charge in [-0.3, -0.25) is 9.10 Å². The molecule has 0 saturated heterocycles. The molecule has 0 fully saturated rings. The Balaban J connectivity index is 1.56. The summed E-state index contributed by atoms with van der Waals surface area (Å²) < 4.78 is 33.9. The van der Waals surface area contributed by atoms with Crippen LogP contribution in [0.1, 0.15) is 34.6 Å². The number of carbonyl (C=O) groups excluding carboxylic acids is 2. The third-order valence-electron chi connectivity index (χ3n) is 5.69. The number of ether oxygens (including phenoxy) is 1. The molecule has 3 aromatic rings. The maximum absolute atomic E-state index is 13.3. The standard InChI is InChI=1S/C23H21Cl2N5O5S/c1-14(15-3-5-16(6-4-15)23(32)35-2)29-13-17(27-28-29)11-21-22(31)26-9-10-30(21)36(33,34)18-7-8-19(24)20(25)12-18/h3-10,12-14,21H,11H2,1-2H3,(H,26,31)/t14-,21-/m1/s1. The predicted octanol–water partition coefficient (Wildman–Crippen LogP) is 3.18. The van der Waals surface area contributed by atoms with E-state index in [-0.39, 0.29) is 27.4 Å². The molecule has 1 aromatic heterocycles. The van der Waals surface area contributed by atoms with Gasteiger partial charge in [0.15, 0.2) is 0 Å². The highest BCUT2D eigenvalue weighted by molar-refractivity contribution is 7.89. The molecule has 0 bridgehead atoms. The number of hydrogen-bond acceptors (Lipinski definition) is 7. The Morgan fingerprint density at radius 3 is 2.56 bits per heavy atom. The fraction of sp³-hybridized carbons (Fsp3) is 0.217. The second kappa shape index (κ2) is 10.3. The van der Waals surface area contributed by atoms with Crippen molar-refractivity contribution in [2.75, 3.05) is 7.11 Å². The fourth-order valence-electron chi connectivity index (χ4n) is 3.66. The van der Waals surface area contributed by atoms with Gasteiger partial charge in [0.2, 0.25) is 5.91 Å². The molecule has 1 aliphatic heterocycles. The number of halogens is 2. The van der Waals surface area contributed by atoms with E-state index in [1.54, 1.807) is 35.1 Å². The molecule has 2 heterocycles. The van der Waals surface area contributed by atoms with Crippen LogP contribution < -0.4 is 5.32 Å². The van der Waals surface area contributed by atoms with Gasteiger partial charge in [0.1, 0.15) is 6.04 Å². The van der Waals surface area contributed by atoms with Crippen molar-refractivity contribution < 1.29 is 22.7 Å². The zero-order chi connectivity index (χ0) is 26.0. The Morgan fingerprint density at radius 1 is 1.17 bits per heavy atom. The Bertz CT molecular complexity index is 1440. The molecule has 1 N–H and O–H groups in total. The molecule has 2 atom stereocenters. The van der Waals surface area contributed by atoms with E-state index in [1.165, 1.54) is 37.7 Å². The molecule has 0 unspecified atom stereocenters. The van der Waals surface area contributed by atoms with Crippen LogP contribution in [-0.2, 0) is 26.0 Å². The summed E-state index contributed by atoms with van der Waals surface area (Å²) in [5, 5.41) is 11.1. The number of nitrogens with one attached hydrogen (secondary N) is 1. The van der Waals surface area contributed by atoms with Gasteiger partial charge in [-0.1, -0.05) is 40.5 Å². The van der Waals surface area contributed by atoms with Gasteiger partial charge in [0, 0.05) is 25.0 Å². The molecule has 36 heavy (non-hydrogen) atoms. The van der Waals surface area contributed by atoms with Gasteiger partial charge in [-0.15, -0.1) is 5.10 Å². The van der Waals surface area contributed by atoms with Crippen LogP contribution >= 0.6 is 23.2 Å². The van der Waals surface area contributed by atoms with E-state index in [1.807, 2.05) is 6.92 Å². The van der Waals surface area contributed by atoms with Gasteiger partial charge in [0.05, 0.1) is 39.3 Å². The van der Waals surface area contributed by atoms with Crippen molar-refractivity contribution in [1.82, 2.24) is 24.6 Å². The number of methoxy groups -OCH3 is 1. The SMILES string of the molecule is COC(=O)c1ccc([C@@H](C)n2cc(C[C@@H]3C(=O)NC=CN3S(=O)(=O)c3ccc(Cl)c(Cl)c3)nn2)cc1. The van der Waals surface area contributed by atoms with Crippen molar-refractivity contribution in [1.29, 1.82) is 0 Å². The highest BCUT2D eigenvalue weighted by atomic mass is 35.5. The number of benzene rings is 2. The van der Waals surface area contributed by atoms with Crippen LogP contribution in [0.2, 0.25) is 10.0 Å². The summed E-state index contributed by atoms with van der Waals surface area (Å²) in [5.41, 5.74) is 1.70. The number of rotatable bonds is 7. The van der Waals surface area contributed by atoms with Crippen molar-refractivity contribution >= 4 is 45.1 Å². The number of hydrogen-bond donors (Lipinski definition) is 1. The average molecular weight is 550 g/mol. The summed E-state index contributed by atoms with van der Waals surface area (Å²) in [5.74, 6) is -0.945. The number of nitrogens with zero attached hydrogens (tertiary/aromatic N) is 4. The molecule has 0 spiro atoms. The van der Waals surface area contributed by atoms with Crippen molar-refractivity contribution in [3.63, 3.8) is 0 Å². The third kappa shape index (κ3) is 5.08. The van der Waals surface area contributed by atoms with Crippen molar-refractivity contribution in [2.45, 2.75) is 30.3 Å². The van der Waals surface area contributed by atoms with Crippen LogP contribution in [0.4, 0.5) is 0 Å². The van der Waals surface area contributed by atoms with E-state index in [0.29, 0.717) is 11.3 Å². The second-order valence-electron chi connectivity index (χ2n) is 7.93. The van der Waals surface area contributed by atoms with Gasteiger partial charge in [-0.05, 0) is 42.8 Å². The summed E-state index contributed by atoms with van der Waals surface area (Å²) in [6, 6.07) is 9.46. The quantitative estimate of drug-likeness (QED) is 0.449. The molecule has 188 valence electrons. The molecule has 10 nitrogen and oxygen atoms in total. The lowest BCUT2D eigenvalue weighted by atomic mass is 10.1. The fourth-order valence-corrected chi connectivity index (χ4v) is 5.50. The second-order valence-corrected chi connectivity index (χ2v) is 10.6. The van der Waals surface area contributed by atoms with Crippen molar-refractivity contribution in [3.05, 3.63) is 87.9 Å². The van der Waals surface area contributed by atoms with Gasteiger partial charge in [-0.25, -0.2) is 17.9 Å². The first-order chi connectivity index (χ1) is 17.1. The monoisotopic (exact) mass is 549 g/mol. The third-order valence-corrected chi connectivity index (χ3v) is 8.21. The van der Waals surface area contributed by atoms with Crippen LogP contribution in [0.3, 0.4) is 0 Å². The van der Waals surface area contributed by atoms with Gasteiger partial charge < -0.3 is 10.1 Å². The Labute approximate surface area is 217 Å². The van der Waals surface area contributed by atoms with Gasteiger partial charge in [-0.2, -0.15) is 0 Å². The van der Waals surface area contributed by atoms with E-state index in [0.717, 1.165) is 9.87 Å². The molecule has 1 amide bonds. The highest BCUT2D eigenvalue weighted by Crippen LogP contribution is 2.29. The zero-order valence-corrected chi connectivity index (χ0v) is 21.5. The van der Waals surface area contributed by atoms with Gasteiger partial charge in [0.25, 0.3) is 10.0 Å². The number of carbonyl (C=O) groups is 2. The summed E-state index contributed by atoms with van der Waals surface area (Å²) in [4.78, 5) is 24.2. The van der Waals surface area contributed by atoms with E-state index in [9.17, 15) is 18.0 Å². The molecular weight excluding hydrogens is 529 g/mol. The smallest absolute Gasteiger partial charge is 0.337 e. The predicted molar refractivity (Wildman–Crippen MR) is 132 cm³/mol. The maximum Gasteiger partial charge on any atom is 0.337 e. The molecule has 0 aliphatic carbocycles. The topological polar surface area (TPSA) is 123 Å².